The van der Waals surface area contributed by atoms with Crippen molar-refractivity contribution in [2.24, 2.45) is 5.41 Å². The summed E-state index contributed by atoms with van der Waals surface area (Å²) in [7, 11) is 1.70. The normalized spacial score (nSPS) is 26.8. The fourth-order valence-corrected chi connectivity index (χ4v) is 4.14. The van der Waals surface area contributed by atoms with Crippen LogP contribution in [0.1, 0.15) is 44.6 Å². The SMILES string of the molecule is CCNC1CC(OCc2ccc(OC)cc2)C12CCCC2. The Labute approximate surface area is 128 Å². The topological polar surface area (TPSA) is 30.5 Å². The van der Waals surface area contributed by atoms with Crippen LogP contribution in [0.2, 0.25) is 0 Å². The Morgan fingerprint density at radius 3 is 2.52 bits per heavy atom. The number of hydrogen-bond acceptors (Lipinski definition) is 3. The second-order valence-corrected chi connectivity index (χ2v) is 6.43. The molecule has 2 fully saturated rings. The second-order valence-electron chi connectivity index (χ2n) is 6.43. The van der Waals surface area contributed by atoms with Crippen molar-refractivity contribution in [2.45, 2.75) is 57.8 Å². The second kappa shape index (κ2) is 6.37. The number of hydrogen-bond donors (Lipinski definition) is 1. The Morgan fingerprint density at radius 1 is 1.19 bits per heavy atom. The molecule has 0 heterocycles. The molecule has 21 heavy (non-hydrogen) atoms. The van der Waals surface area contributed by atoms with Gasteiger partial charge in [-0.1, -0.05) is 31.9 Å². The van der Waals surface area contributed by atoms with E-state index in [4.69, 9.17) is 9.47 Å². The Kier molecular flexibility index (Phi) is 4.51. The largest absolute Gasteiger partial charge is 0.497 e. The zero-order valence-corrected chi connectivity index (χ0v) is 13.2. The lowest BCUT2D eigenvalue weighted by molar-refractivity contribution is -0.139. The molecule has 1 N–H and O–H groups in total. The van der Waals surface area contributed by atoms with Crippen molar-refractivity contribution >= 4 is 0 Å². The van der Waals surface area contributed by atoms with Gasteiger partial charge in [0.05, 0.1) is 19.8 Å². The van der Waals surface area contributed by atoms with Crippen LogP contribution >= 0.6 is 0 Å². The molecule has 3 nitrogen and oxygen atoms in total. The van der Waals surface area contributed by atoms with Crippen LogP contribution in [0.3, 0.4) is 0 Å². The van der Waals surface area contributed by atoms with Crippen molar-refractivity contribution in [1.29, 1.82) is 0 Å². The standard InChI is InChI=1S/C18H27NO2/c1-3-19-16-12-17(18(16)10-4-5-11-18)21-13-14-6-8-15(20-2)9-7-14/h6-9,16-17,19H,3-5,10-13H2,1-2H3. The van der Waals surface area contributed by atoms with Crippen LogP contribution in [-0.4, -0.2) is 25.8 Å². The quantitative estimate of drug-likeness (QED) is 0.869. The van der Waals surface area contributed by atoms with E-state index in [2.05, 4.69) is 24.4 Å². The fourth-order valence-electron chi connectivity index (χ4n) is 4.14. The van der Waals surface area contributed by atoms with Gasteiger partial charge in [-0.15, -0.1) is 0 Å². The molecule has 0 amide bonds. The summed E-state index contributed by atoms with van der Waals surface area (Å²) < 4.78 is 11.5. The first-order valence-corrected chi connectivity index (χ1v) is 8.26. The summed E-state index contributed by atoms with van der Waals surface area (Å²) in [5.74, 6) is 0.905. The van der Waals surface area contributed by atoms with Gasteiger partial charge in [-0.05, 0) is 43.5 Å². The van der Waals surface area contributed by atoms with E-state index in [-0.39, 0.29) is 0 Å². The van der Waals surface area contributed by atoms with Gasteiger partial charge in [0.15, 0.2) is 0 Å². The molecule has 2 saturated carbocycles. The highest BCUT2D eigenvalue weighted by atomic mass is 16.5. The molecule has 0 aromatic heterocycles. The van der Waals surface area contributed by atoms with Gasteiger partial charge in [0.25, 0.3) is 0 Å². The van der Waals surface area contributed by atoms with Crippen LogP contribution in [0, 0.1) is 5.41 Å². The lowest BCUT2D eigenvalue weighted by Crippen LogP contribution is -2.62. The predicted octanol–water partition coefficient (Wildman–Crippen LogP) is 3.52. The number of benzene rings is 1. The smallest absolute Gasteiger partial charge is 0.118 e. The molecular formula is C18H27NO2. The van der Waals surface area contributed by atoms with Gasteiger partial charge in [0.1, 0.15) is 5.75 Å². The van der Waals surface area contributed by atoms with Crippen LogP contribution in [0.15, 0.2) is 24.3 Å². The van der Waals surface area contributed by atoms with E-state index in [1.54, 1.807) is 7.11 Å². The molecule has 0 saturated heterocycles. The molecule has 3 heteroatoms. The molecule has 1 aromatic carbocycles. The summed E-state index contributed by atoms with van der Waals surface area (Å²) in [6.45, 7) is 3.99. The highest BCUT2D eigenvalue weighted by molar-refractivity contribution is 5.26. The zero-order chi connectivity index (χ0) is 14.7. The molecule has 116 valence electrons. The van der Waals surface area contributed by atoms with E-state index in [1.165, 1.54) is 37.7 Å². The van der Waals surface area contributed by atoms with Gasteiger partial charge in [0, 0.05) is 11.5 Å². The molecule has 1 aromatic rings. The number of ether oxygens (including phenoxy) is 2. The molecule has 1 spiro atoms. The molecule has 2 aliphatic carbocycles. The maximum atomic E-state index is 6.27. The van der Waals surface area contributed by atoms with E-state index >= 15 is 0 Å². The summed E-state index contributed by atoms with van der Waals surface area (Å²) in [4.78, 5) is 0. The van der Waals surface area contributed by atoms with Gasteiger partial charge < -0.3 is 14.8 Å². The third kappa shape index (κ3) is 2.82. The van der Waals surface area contributed by atoms with Crippen molar-refractivity contribution in [3.8, 4) is 5.75 Å². The number of methoxy groups -OCH3 is 1. The maximum absolute atomic E-state index is 6.27. The van der Waals surface area contributed by atoms with Crippen molar-refractivity contribution in [3.63, 3.8) is 0 Å². The molecular weight excluding hydrogens is 262 g/mol. The van der Waals surface area contributed by atoms with E-state index < -0.39 is 0 Å². The molecule has 2 unspecified atom stereocenters. The van der Waals surface area contributed by atoms with Crippen LogP contribution in [-0.2, 0) is 11.3 Å². The van der Waals surface area contributed by atoms with E-state index in [0.717, 1.165) is 18.9 Å². The number of nitrogens with one attached hydrogen (secondary N) is 1. The van der Waals surface area contributed by atoms with Crippen LogP contribution in [0.4, 0.5) is 0 Å². The monoisotopic (exact) mass is 289 g/mol. The van der Waals surface area contributed by atoms with Crippen LogP contribution < -0.4 is 10.1 Å². The van der Waals surface area contributed by atoms with E-state index in [0.29, 0.717) is 17.6 Å². The lowest BCUT2D eigenvalue weighted by Gasteiger charge is -2.54. The number of rotatable bonds is 6. The summed E-state index contributed by atoms with van der Waals surface area (Å²) in [6.07, 6.45) is 7.00. The Morgan fingerprint density at radius 2 is 1.90 bits per heavy atom. The lowest BCUT2D eigenvalue weighted by atomic mass is 9.60. The van der Waals surface area contributed by atoms with Gasteiger partial charge >= 0.3 is 0 Å². The predicted molar refractivity (Wildman–Crippen MR) is 84.6 cm³/mol. The van der Waals surface area contributed by atoms with Gasteiger partial charge in [-0.3, -0.25) is 0 Å². The summed E-state index contributed by atoms with van der Waals surface area (Å²) in [5.41, 5.74) is 1.65. The summed E-state index contributed by atoms with van der Waals surface area (Å²) in [6, 6.07) is 8.88. The van der Waals surface area contributed by atoms with Crippen LogP contribution in [0.5, 0.6) is 5.75 Å². The molecule has 0 bridgehead atoms. The first kappa shape index (κ1) is 14.9. The van der Waals surface area contributed by atoms with Crippen molar-refractivity contribution in [2.75, 3.05) is 13.7 Å². The summed E-state index contributed by atoms with van der Waals surface area (Å²) in [5, 5.41) is 3.66. The average Bonchev–Trinajstić information content (AvgIpc) is 3.03. The Balaban J connectivity index is 1.57. The van der Waals surface area contributed by atoms with Gasteiger partial charge in [-0.25, -0.2) is 0 Å². The van der Waals surface area contributed by atoms with Gasteiger partial charge in [0.2, 0.25) is 0 Å². The Hall–Kier alpha value is -1.06. The third-order valence-corrected chi connectivity index (χ3v) is 5.38. The highest BCUT2D eigenvalue weighted by Gasteiger charge is 2.56. The maximum Gasteiger partial charge on any atom is 0.118 e. The first-order valence-electron chi connectivity index (χ1n) is 8.26. The first-order chi connectivity index (χ1) is 10.3. The molecule has 0 aliphatic heterocycles. The van der Waals surface area contributed by atoms with E-state index in [9.17, 15) is 0 Å². The molecule has 0 radical (unpaired) electrons. The van der Waals surface area contributed by atoms with Crippen molar-refractivity contribution in [1.82, 2.24) is 5.32 Å². The molecule has 2 aliphatic rings. The summed E-state index contributed by atoms with van der Waals surface area (Å²) >= 11 is 0. The Bertz CT molecular complexity index is 451. The van der Waals surface area contributed by atoms with Gasteiger partial charge in [-0.2, -0.15) is 0 Å². The highest BCUT2D eigenvalue weighted by Crippen LogP contribution is 2.54. The van der Waals surface area contributed by atoms with E-state index in [1.807, 2.05) is 12.1 Å². The molecule has 3 rings (SSSR count). The minimum atomic E-state index is 0.419. The minimum Gasteiger partial charge on any atom is -0.497 e. The third-order valence-electron chi connectivity index (χ3n) is 5.38. The van der Waals surface area contributed by atoms with Crippen LogP contribution in [0.25, 0.3) is 0 Å². The van der Waals surface area contributed by atoms with Crippen molar-refractivity contribution in [3.05, 3.63) is 29.8 Å². The average molecular weight is 289 g/mol. The molecule has 2 atom stereocenters. The zero-order valence-electron chi connectivity index (χ0n) is 13.2. The van der Waals surface area contributed by atoms with Crippen molar-refractivity contribution < 1.29 is 9.47 Å². The fraction of sp³-hybridized carbons (Fsp3) is 0.667. The minimum absolute atomic E-state index is 0.419.